The Morgan fingerprint density at radius 3 is 2.45 bits per heavy atom. The number of allylic oxidation sites excluding steroid dienone is 4. The summed E-state index contributed by atoms with van der Waals surface area (Å²) in [5, 5.41) is 11.7. The molecule has 8 nitrogen and oxygen atoms in total. The normalized spacial score (nSPS) is 39.1. The molecule has 228 valence electrons. The topological polar surface area (TPSA) is 124 Å². The van der Waals surface area contributed by atoms with Crippen LogP contribution in [0.4, 0.5) is 4.39 Å². The van der Waals surface area contributed by atoms with Gasteiger partial charge in [-0.15, -0.1) is 0 Å². The Morgan fingerprint density at radius 1 is 1.14 bits per heavy atom. The molecule has 0 saturated heterocycles. The van der Waals surface area contributed by atoms with Gasteiger partial charge in [-0.05, 0) is 69.7 Å². The van der Waals surface area contributed by atoms with Crippen molar-refractivity contribution < 1.29 is 41.2 Å². The molecule has 0 radical (unpaired) electrons. The molecule has 0 aromatic heterocycles. The Balaban J connectivity index is 1.54. The summed E-state index contributed by atoms with van der Waals surface area (Å²) in [5.74, 6) is -3.40. The molecule has 5 rings (SSSR count). The van der Waals surface area contributed by atoms with E-state index in [1.54, 1.807) is 45.9 Å². The molecular weight excluding hydrogens is 563 g/mol. The molecule has 0 aliphatic heterocycles. The monoisotopic (exact) mass is 602 g/mol. The van der Waals surface area contributed by atoms with Gasteiger partial charge in [0.25, 0.3) is 10.1 Å². The lowest BCUT2D eigenvalue weighted by molar-refractivity contribution is -0.228. The highest BCUT2D eigenvalue weighted by Crippen LogP contribution is 2.71. The smallest absolute Gasteiger partial charge is 0.306 e. The summed E-state index contributed by atoms with van der Waals surface area (Å²) >= 11 is 0. The van der Waals surface area contributed by atoms with Gasteiger partial charge in [0.15, 0.2) is 17.1 Å². The van der Waals surface area contributed by atoms with Crippen molar-refractivity contribution in [2.24, 2.45) is 28.6 Å². The molecule has 4 aliphatic carbocycles. The number of ketones is 2. The first-order chi connectivity index (χ1) is 19.6. The van der Waals surface area contributed by atoms with Crippen LogP contribution in [0.3, 0.4) is 0 Å². The van der Waals surface area contributed by atoms with E-state index in [2.05, 4.69) is 0 Å². The van der Waals surface area contributed by atoms with Crippen LogP contribution in [0.25, 0.3) is 0 Å². The second-order valence-electron chi connectivity index (χ2n) is 12.9. The van der Waals surface area contributed by atoms with Crippen LogP contribution in [0.5, 0.6) is 0 Å². The van der Waals surface area contributed by atoms with Gasteiger partial charge in [-0.2, -0.15) is 8.42 Å². The van der Waals surface area contributed by atoms with Gasteiger partial charge in [0.05, 0.1) is 11.0 Å². The third-order valence-corrected chi connectivity index (χ3v) is 12.1. The van der Waals surface area contributed by atoms with E-state index in [4.69, 9.17) is 8.92 Å². The van der Waals surface area contributed by atoms with Gasteiger partial charge >= 0.3 is 5.97 Å². The minimum absolute atomic E-state index is 0.0326. The minimum atomic E-state index is -4.31. The lowest BCUT2D eigenvalue weighted by atomic mass is 9.44. The number of alkyl halides is 1. The summed E-state index contributed by atoms with van der Waals surface area (Å²) in [4.78, 5) is 39.1. The summed E-state index contributed by atoms with van der Waals surface area (Å²) in [5.41, 5.74) is -4.91. The largest absolute Gasteiger partial charge is 0.450 e. The van der Waals surface area contributed by atoms with Crippen LogP contribution in [0, 0.1) is 35.5 Å². The van der Waals surface area contributed by atoms with Gasteiger partial charge in [-0.3, -0.25) is 18.6 Å². The number of halogens is 1. The zero-order valence-corrected chi connectivity index (χ0v) is 25.5. The van der Waals surface area contributed by atoms with Crippen LogP contribution in [0.1, 0.15) is 65.4 Å². The number of aliphatic hydroxyl groups is 1. The molecule has 3 fully saturated rings. The summed E-state index contributed by atoms with van der Waals surface area (Å²) in [6.07, 6.45) is 3.68. The fourth-order valence-electron chi connectivity index (χ4n) is 8.66. The Labute approximate surface area is 246 Å². The number of aliphatic hydroxyl groups excluding tert-OH is 1. The Bertz CT molecular complexity index is 1480. The second-order valence-corrected chi connectivity index (χ2v) is 14.5. The molecule has 8 atom stereocenters. The van der Waals surface area contributed by atoms with Crippen molar-refractivity contribution in [3.8, 4) is 0 Å². The molecule has 0 spiro atoms. The standard InChI is InChI=1S/C32H39FO8S/c1-6-28(37)41-32(27(36)18-40-42(38,39)23-10-7-19(2)8-11-23)20(3)15-25-24-12-9-21-16-22(34)13-14-29(21,4)31(24,33)26(35)17-30(25,32)5/h7-8,10-11,13-14,16,20,24-26,35H,6,9,12,15,17-18H2,1-5H3. The number of esters is 1. The SMILES string of the molecule is CCC(=O)OC1(C(=O)COS(=O)(=O)c2ccc(C)cc2)C(C)CC2C3CCC4=CC(=O)C=CC4(C)C3(F)C(O)CC21C. The number of Topliss-reactive ketones (excluding diaryl/α,β-unsaturated/α-hetero) is 1. The van der Waals surface area contributed by atoms with E-state index in [1.807, 2.05) is 6.92 Å². The molecule has 4 aliphatic rings. The number of carbonyl (C=O) groups excluding carboxylic acids is 3. The van der Waals surface area contributed by atoms with Crippen LogP contribution in [-0.2, 0) is 33.4 Å². The second kappa shape index (κ2) is 10.2. The van der Waals surface area contributed by atoms with Crippen LogP contribution in [0.15, 0.2) is 53.0 Å². The third-order valence-electron chi connectivity index (χ3n) is 10.8. The van der Waals surface area contributed by atoms with Crippen molar-refractivity contribution in [2.45, 2.75) is 89.0 Å². The lowest BCUT2D eigenvalue weighted by Gasteiger charge is -2.62. The van der Waals surface area contributed by atoms with Crippen molar-refractivity contribution in [1.82, 2.24) is 0 Å². The zero-order valence-electron chi connectivity index (χ0n) is 24.7. The molecule has 0 heterocycles. The lowest BCUT2D eigenvalue weighted by Crippen LogP contribution is -2.70. The van der Waals surface area contributed by atoms with Crippen molar-refractivity contribution in [3.63, 3.8) is 0 Å². The molecule has 3 saturated carbocycles. The average molecular weight is 603 g/mol. The highest BCUT2D eigenvalue weighted by Gasteiger charge is 2.77. The molecule has 1 aromatic rings. The fourth-order valence-corrected chi connectivity index (χ4v) is 9.53. The van der Waals surface area contributed by atoms with Crippen molar-refractivity contribution >= 4 is 27.7 Å². The zero-order chi connectivity index (χ0) is 30.9. The van der Waals surface area contributed by atoms with Gasteiger partial charge in [-0.25, -0.2) is 4.39 Å². The predicted molar refractivity (Wildman–Crippen MR) is 151 cm³/mol. The number of hydrogen-bond acceptors (Lipinski definition) is 8. The molecule has 8 unspecified atom stereocenters. The maximum Gasteiger partial charge on any atom is 0.306 e. The van der Waals surface area contributed by atoms with E-state index in [0.29, 0.717) is 24.8 Å². The van der Waals surface area contributed by atoms with E-state index in [1.165, 1.54) is 24.3 Å². The van der Waals surface area contributed by atoms with Crippen LogP contribution in [0.2, 0.25) is 0 Å². The van der Waals surface area contributed by atoms with Crippen LogP contribution >= 0.6 is 0 Å². The van der Waals surface area contributed by atoms with E-state index < -0.39 is 74.4 Å². The Kier molecular flexibility index (Phi) is 7.47. The van der Waals surface area contributed by atoms with E-state index in [-0.39, 0.29) is 23.5 Å². The summed E-state index contributed by atoms with van der Waals surface area (Å²) in [6, 6.07) is 6.00. The molecule has 10 heteroatoms. The van der Waals surface area contributed by atoms with E-state index >= 15 is 4.39 Å². The number of ether oxygens (including phenoxy) is 1. The minimum Gasteiger partial charge on any atom is -0.450 e. The number of aryl methyl sites for hydroxylation is 1. The molecule has 1 aromatic carbocycles. The highest BCUT2D eigenvalue weighted by molar-refractivity contribution is 7.86. The number of carbonyl (C=O) groups is 3. The van der Waals surface area contributed by atoms with Gasteiger partial charge in [0, 0.05) is 29.1 Å². The maximum atomic E-state index is 17.5. The van der Waals surface area contributed by atoms with Gasteiger partial charge < -0.3 is 9.84 Å². The fraction of sp³-hybridized carbons (Fsp3) is 0.594. The average Bonchev–Trinajstić information content (AvgIpc) is 3.15. The first-order valence-corrected chi connectivity index (χ1v) is 16.0. The van der Waals surface area contributed by atoms with Gasteiger partial charge in [-0.1, -0.05) is 50.1 Å². The molecule has 0 amide bonds. The number of fused-ring (bicyclic) bond motifs is 5. The highest BCUT2D eigenvalue weighted by atomic mass is 32.2. The summed E-state index contributed by atoms with van der Waals surface area (Å²) < 4.78 is 54.7. The molecule has 1 N–H and O–H groups in total. The Hall–Kier alpha value is -2.69. The van der Waals surface area contributed by atoms with E-state index in [0.717, 1.165) is 5.56 Å². The molecular formula is C32H39FO8S. The first-order valence-electron chi connectivity index (χ1n) is 14.6. The predicted octanol–water partition coefficient (Wildman–Crippen LogP) is 4.58. The van der Waals surface area contributed by atoms with Crippen LogP contribution < -0.4 is 0 Å². The van der Waals surface area contributed by atoms with Crippen molar-refractivity contribution in [3.05, 3.63) is 53.6 Å². The first kappa shape index (κ1) is 30.8. The molecule has 42 heavy (non-hydrogen) atoms. The van der Waals surface area contributed by atoms with Crippen molar-refractivity contribution in [2.75, 3.05) is 6.61 Å². The number of rotatable bonds is 7. The van der Waals surface area contributed by atoms with Crippen LogP contribution in [-0.4, -0.2) is 55.0 Å². The van der Waals surface area contributed by atoms with Gasteiger partial charge in [0.1, 0.15) is 6.61 Å². The molecule has 0 bridgehead atoms. The van der Waals surface area contributed by atoms with E-state index in [9.17, 15) is 27.9 Å². The van der Waals surface area contributed by atoms with Gasteiger partial charge in [0.2, 0.25) is 5.78 Å². The Morgan fingerprint density at radius 2 is 1.81 bits per heavy atom. The third kappa shape index (κ3) is 4.19. The quantitative estimate of drug-likeness (QED) is 0.355. The number of hydrogen-bond donors (Lipinski definition) is 1. The van der Waals surface area contributed by atoms with Crippen molar-refractivity contribution in [1.29, 1.82) is 0 Å². The summed E-state index contributed by atoms with van der Waals surface area (Å²) in [6.45, 7) is 7.72. The maximum absolute atomic E-state index is 17.5. The number of benzene rings is 1. The summed E-state index contributed by atoms with van der Waals surface area (Å²) in [7, 11) is -4.31.